The average molecular weight is 217 g/mol. The fourth-order valence-electron chi connectivity index (χ4n) is 2.97. The van der Waals surface area contributed by atoms with E-state index in [0.29, 0.717) is 24.3 Å². The monoisotopic (exact) mass is 217 g/mol. The van der Waals surface area contributed by atoms with Gasteiger partial charge < -0.3 is 10.1 Å². The Balaban J connectivity index is 1.63. The summed E-state index contributed by atoms with van der Waals surface area (Å²) in [6.07, 6.45) is 4.70. The second kappa shape index (κ2) is 4.19. The molecule has 2 aliphatic heterocycles. The van der Waals surface area contributed by atoms with E-state index < -0.39 is 0 Å². The Morgan fingerprint density at radius 2 is 2.06 bits per heavy atom. The highest BCUT2D eigenvalue weighted by atomic mass is 16.5. The van der Waals surface area contributed by atoms with E-state index in [1.165, 1.54) is 24.8 Å². The molecule has 2 aliphatic rings. The number of benzene rings is 1. The van der Waals surface area contributed by atoms with Crippen LogP contribution in [0.5, 0.6) is 0 Å². The van der Waals surface area contributed by atoms with Gasteiger partial charge in [0.1, 0.15) is 0 Å². The van der Waals surface area contributed by atoms with E-state index in [1.54, 1.807) is 0 Å². The second-order valence-electron chi connectivity index (χ2n) is 5.02. The topological polar surface area (TPSA) is 21.3 Å². The summed E-state index contributed by atoms with van der Waals surface area (Å²) in [5.41, 5.74) is 1.37. The fourth-order valence-corrected chi connectivity index (χ4v) is 2.97. The molecule has 2 bridgehead atoms. The van der Waals surface area contributed by atoms with Crippen LogP contribution < -0.4 is 5.32 Å². The first-order valence-corrected chi connectivity index (χ1v) is 6.29. The number of nitrogens with one attached hydrogen (secondary N) is 1. The molecule has 2 saturated heterocycles. The maximum Gasteiger partial charge on any atom is 0.0733 e. The smallest absolute Gasteiger partial charge is 0.0733 e. The van der Waals surface area contributed by atoms with Crippen molar-refractivity contribution in [1.29, 1.82) is 0 Å². The lowest BCUT2D eigenvalue weighted by Crippen LogP contribution is -2.38. The zero-order valence-electron chi connectivity index (χ0n) is 9.73. The van der Waals surface area contributed by atoms with E-state index in [2.05, 4.69) is 42.6 Å². The van der Waals surface area contributed by atoms with Crippen molar-refractivity contribution in [3.8, 4) is 0 Å². The summed E-state index contributed by atoms with van der Waals surface area (Å²) >= 11 is 0. The van der Waals surface area contributed by atoms with Crippen LogP contribution in [0.4, 0.5) is 0 Å². The molecule has 4 atom stereocenters. The largest absolute Gasteiger partial charge is 0.373 e. The molecule has 1 aromatic carbocycles. The van der Waals surface area contributed by atoms with Crippen LogP contribution in [0.25, 0.3) is 0 Å². The van der Waals surface area contributed by atoms with Crippen LogP contribution in [0.2, 0.25) is 0 Å². The number of hydrogen-bond donors (Lipinski definition) is 1. The quantitative estimate of drug-likeness (QED) is 0.840. The molecule has 0 aliphatic carbocycles. The van der Waals surface area contributed by atoms with Crippen molar-refractivity contribution in [2.24, 2.45) is 0 Å². The van der Waals surface area contributed by atoms with Crippen LogP contribution in [0.15, 0.2) is 30.3 Å². The average Bonchev–Trinajstić information content (AvgIpc) is 2.92. The van der Waals surface area contributed by atoms with Crippen molar-refractivity contribution in [2.75, 3.05) is 0 Å². The minimum absolute atomic E-state index is 0.425. The van der Waals surface area contributed by atoms with Gasteiger partial charge in [-0.1, -0.05) is 30.3 Å². The van der Waals surface area contributed by atoms with Gasteiger partial charge in [-0.2, -0.15) is 0 Å². The molecule has 2 heteroatoms. The van der Waals surface area contributed by atoms with Crippen LogP contribution in [0.1, 0.15) is 37.8 Å². The fraction of sp³-hybridized carbons (Fsp3) is 0.571. The Bertz CT molecular complexity index is 351. The Labute approximate surface area is 97.0 Å². The third-order valence-corrected chi connectivity index (χ3v) is 3.87. The molecular weight excluding hydrogens is 198 g/mol. The maximum absolute atomic E-state index is 5.86. The van der Waals surface area contributed by atoms with E-state index in [4.69, 9.17) is 4.74 Å². The van der Waals surface area contributed by atoms with Crippen molar-refractivity contribution >= 4 is 0 Å². The predicted octanol–water partition coefficient (Wildman–Crippen LogP) is 2.66. The molecule has 0 saturated carbocycles. The minimum Gasteiger partial charge on any atom is -0.373 e. The molecular formula is C14H19NO. The van der Waals surface area contributed by atoms with Gasteiger partial charge in [0.2, 0.25) is 0 Å². The van der Waals surface area contributed by atoms with Crippen LogP contribution in [-0.2, 0) is 4.74 Å². The molecule has 2 fully saturated rings. The molecule has 3 rings (SSSR count). The lowest BCUT2D eigenvalue weighted by molar-refractivity contribution is 0.0962. The van der Waals surface area contributed by atoms with Crippen LogP contribution in [-0.4, -0.2) is 18.2 Å². The Hall–Kier alpha value is -0.860. The first-order valence-electron chi connectivity index (χ1n) is 6.29. The highest BCUT2D eigenvalue weighted by Crippen LogP contribution is 2.35. The molecule has 2 nitrogen and oxygen atoms in total. The summed E-state index contributed by atoms with van der Waals surface area (Å²) in [6.45, 7) is 2.24. The highest BCUT2D eigenvalue weighted by molar-refractivity contribution is 5.18. The summed E-state index contributed by atoms with van der Waals surface area (Å²) in [7, 11) is 0. The van der Waals surface area contributed by atoms with Gasteiger partial charge in [-0.15, -0.1) is 0 Å². The van der Waals surface area contributed by atoms with Crippen molar-refractivity contribution in [1.82, 2.24) is 5.32 Å². The van der Waals surface area contributed by atoms with Gasteiger partial charge in [0.25, 0.3) is 0 Å². The van der Waals surface area contributed by atoms with Gasteiger partial charge in [-0.05, 0) is 31.7 Å². The van der Waals surface area contributed by atoms with E-state index in [9.17, 15) is 0 Å². The Morgan fingerprint density at radius 3 is 2.69 bits per heavy atom. The molecule has 0 radical (unpaired) electrons. The zero-order valence-corrected chi connectivity index (χ0v) is 9.73. The summed E-state index contributed by atoms with van der Waals surface area (Å²) in [5.74, 6) is 0. The van der Waals surface area contributed by atoms with Crippen LogP contribution in [0.3, 0.4) is 0 Å². The lowest BCUT2D eigenvalue weighted by Gasteiger charge is -2.24. The van der Waals surface area contributed by atoms with Crippen LogP contribution >= 0.6 is 0 Å². The van der Waals surface area contributed by atoms with E-state index in [0.717, 1.165) is 0 Å². The minimum atomic E-state index is 0.425. The van der Waals surface area contributed by atoms with Crippen molar-refractivity contribution in [2.45, 2.75) is 50.5 Å². The SMILES string of the molecule is CC(NC1CC2CCC1O2)c1ccccc1. The summed E-state index contributed by atoms with van der Waals surface area (Å²) in [6, 6.07) is 11.6. The molecule has 0 aromatic heterocycles. The molecule has 2 heterocycles. The lowest BCUT2D eigenvalue weighted by atomic mass is 9.94. The summed E-state index contributed by atoms with van der Waals surface area (Å²) in [5, 5.41) is 3.70. The first-order chi connectivity index (χ1) is 7.83. The number of hydrogen-bond acceptors (Lipinski definition) is 2. The van der Waals surface area contributed by atoms with Gasteiger partial charge in [-0.25, -0.2) is 0 Å². The second-order valence-corrected chi connectivity index (χ2v) is 5.02. The number of rotatable bonds is 3. The maximum atomic E-state index is 5.86. The van der Waals surface area contributed by atoms with E-state index in [-0.39, 0.29) is 0 Å². The standard InChI is InChI=1S/C14H19NO/c1-10(11-5-3-2-4-6-11)15-13-9-12-7-8-14(13)16-12/h2-6,10,12-15H,7-9H2,1H3. The highest BCUT2D eigenvalue weighted by Gasteiger charge is 2.40. The molecule has 0 amide bonds. The van der Waals surface area contributed by atoms with Gasteiger partial charge in [0.15, 0.2) is 0 Å². The normalized spacial score (nSPS) is 34.2. The van der Waals surface area contributed by atoms with Gasteiger partial charge in [-0.3, -0.25) is 0 Å². The molecule has 16 heavy (non-hydrogen) atoms. The zero-order chi connectivity index (χ0) is 11.0. The van der Waals surface area contributed by atoms with Crippen LogP contribution in [0, 0.1) is 0 Å². The number of ether oxygens (including phenoxy) is 1. The molecule has 1 N–H and O–H groups in total. The van der Waals surface area contributed by atoms with Gasteiger partial charge >= 0.3 is 0 Å². The van der Waals surface area contributed by atoms with Crippen molar-refractivity contribution in [3.05, 3.63) is 35.9 Å². The molecule has 0 spiro atoms. The first kappa shape index (κ1) is 10.3. The van der Waals surface area contributed by atoms with Gasteiger partial charge in [0, 0.05) is 12.1 Å². The summed E-state index contributed by atoms with van der Waals surface area (Å²) < 4.78 is 5.86. The van der Waals surface area contributed by atoms with Gasteiger partial charge in [0.05, 0.1) is 12.2 Å². The predicted molar refractivity (Wildman–Crippen MR) is 64.3 cm³/mol. The molecule has 86 valence electrons. The third-order valence-electron chi connectivity index (χ3n) is 3.87. The Kier molecular flexibility index (Phi) is 2.70. The van der Waals surface area contributed by atoms with E-state index >= 15 is 0 Å². The Morgan fingerprint density at radius 1 is 1.25 bits per heavy atom. The molecule has 4 unspecified atom stereocenters. The number of fused-ring (bicyclic) bond motifs is 2. The van der Waals surface area contributed by atoms with Crippen molar-refractivity contribution in [3.63, 3.8) is 0 Å². The van der Waals surface area contributed by atoms with E-state index in [1.807, 2.05) is 0 Å². The third kappa shape index (κ3) is 1.87. The van der Waals surface area contributed by atoms with Crippen molar-refractivity contribution < 1.29 is 4.74 Å². The summed E-state index contributed by atoms with van der Waals surface area (Å²) in [4.78, 5) is 0. The molecule has 1 aromatic rings.